The summed E-state index contributed by atoms with van der Waals surface area (Å²) in [7, 11) is 0. The van der Waals surface area contributed by atoms with Gasteiger partial charge in [0.05, 0.1) is 11.6 Å². The highest BCUT2D eigenvalue weighted by Crippen LogP contribution is 2.23. The third-order valence-electron chi connectivity index (χ3n) is 3.05. The van der Waals surface area contributed by atoms with Crippen LogP contribution in [-0.2, 0) is 0 Å². The van der Waals surface area contributed by atoms with Crippen LogP contribution in [0.3, 0.4) is 0 Å². The van der Waals surface area contributed by atoms with Crippen LogP contribution in [0.1, 0.15) is 31.1 Å². The predicted octanol–water partition coefficient (Wildman–Crippen LogP) is 3.19. The maximum atomic E-state index is 5.68. The number of hydrazine groups is 1. The Labute approximate surface area is 119 Å². The molecule has 0 amide bonds. The smallest absolute Gasteiger partial charge is 0.0705 e. The molecule has 3 N–H and O–H groups in total. The lowest BCUT2D eigenvalue weighted by Crippen LogP contribution is -2.30. The van der Waals surface area contributed by atoms with Crippen LogP contribution in [0.2, 0.25) is 0 Å². The predicted molar refractivity (Wildman–Crippen MR) is 84.1 cm³/mol. The van der Waals surface area contributed by atoms with Crippen molar-refractivity contribution in [3.8, 4) is 0 Å². The zero-order valence-corrected chi connectivity index (χ0v) is 12.5. The summed E-state index contributed by atoms with van der Waals surface area (Å²) in [5.41, 5.74) is 6.21. The Hall–Kier alpha value is -1.10. The van der Waals surface area contributed by atoms with Gasteiger partial charge in [0, 0.05) is 16.8 Å². The van der Waals surface area contributed by atoms with Crippen LogP contribution in [0.4, 0.5) is 0 Å². The molecule has 0 radical (unpaired) electrons. The third-order valence-corrected chi connectivity index (χ3v) is 4.24. The van der Waals surface area contributed by atoms with Crippen molar-refractivity contribution in [2.24, 2.45) is 5.84 Å². The zero-order chi connectivity index (χ0) is 13.8. The zero-order valence-electron chi connectivity index (χ0n) is 11.7. The Morgan fingerprint density at radius 3 is 2.74 bits per heavy atom. The Balaban J connectivity index is 2.25. The molecule has 3 nitrogen and oxygen atoms in total. The molecule has 0 aliphatic rings. The third kappa shape index (κ3) is 3.69. The first kappa shape index (κ1) is 14.3. The lowest BCUT2D eigenvalue weighted by atomic mass is 10.1. The van der Waals surface area contributed by atoms with Crippen molar-refractivity contribution in [2.75, 3.05) is 5.75 Å². The Morgan fingerprint density at radius 1 is 1.26 bits per heavy atom. The molecule has 1 heterocycles. The number of aromatic nitrogens is 1. The monoisotopic (exact) mass is 275 g/mol. The van der Waals surface area contributed by atoms with E-state index in [1.165, 1.54) is 5.56 Å². The largest absolute Gasteiger partial charge is 0.271 e. The van der Waals surface area contributed by atoms with Crippen LogP contribution in [-0.4, -0.2) is 16.0 Å². The summed E-state index contributed by atoms with van der Waals surface area (Å²) in [6, 6.07) is 10.7. The van der Waals surface area contributed by atoms with Gasteiger partial charge in [-0.15, -0.1) is 0 Å². The van der Waals surface area contributed by atoms with E-state index in [4.69, 9.17) is 5.84 Å². The molecule has 0 aliphatic carbocycles. The minimum absolute atomic E-state index is 0.179. The van der Waals surface area contributed by atoms with Crippen molar-refractivity contribution in [2.45, 2.75) is 32.1 Å². The van der Waals surface area contributed by atoms with E-state index in [1.54, 1.807) is 0 Å². The van der Waals surface area contributed by atoms with Crippen molar-refractivity contribution in [1.29, 1.82) is 0 Å². The minimum atomic E-state index is 0.179. The second-order valence-corrected chi connectivity index (χ2v) is 6.62. The van der Waals surface area contributed by atoms with Gasteiger partial charge in [-0.25, -0.2) is 0 Å². The first-order valence-corrected chi connectivity index (χ1v) is 7.60. The Bertz CT molecular complexity index is 554. The fourth-order valence-corrected chi connectivity index (χ4v) is 2.86. The summed E-state index contributed by atoms with van der Waals surface area (Å²) < 4.78 is 0. The molecular formula is C15H21N3S. The molecular weight excluding hydrogens is 254 g/mol. The van der Waals surface area contributed by atoms with E-state index in [1.807, 2.05) is 24.8 Å². The van der Waals surface area contributed by atoms with Gasteiger partial charge in [-0.1, -0.05) is 26.0 Å². The van der Waals surface area contributed by atoms with Crippen molar-refractivity contribution >= 4 is 22.7 Å². The molecule has 0 aliphatic heterocycles. The number of thioether (sulfide) groups is 1. The fourth-order valence-electron chi connectivity index (χ4n) is 1.99. The van der Waals surface area contributed by atoms with Gasteiger partial charge < -0.3 is 0 Å². The van der Waals surface area contributed by atoms with E-state index in [-0.39, 0.29) is 6.04 Å². The molecule has 2 rings (SSSR count). The summed E-state index contributed by atoms with van der Waals surface area (Å²) in [6.07, 6.45) is 0. The quantitative estimate of drug-likeness (QED) is 0.650. The highest BCUT2D eigenvalue weighted by molar-refractivity contribution is 7.99. The number of pyridine rings is 1. The van der Waals surface area contributed by atoms with Gasteiger partial charge in [-0.3, -0.25) is 16.3 Å². The maximum Gasteiger partial charge on any atom is 0.0705 e. The molecule has 1 unspecified atom stereocenters. The van der Waals surface area contributed by atoms with E-state index in [9.17, 15) is 0 Å². The molecule has 2 aromatic rings. The normalized spacial score (nSPS) is 13.1. The molecule has 0 bridgehead atoms. The molecule has 0 fully saturated rings. The van der Waals surface area contributed by atoms with Crippen molar-refractivity contribution in [3.63, 3.8) is 0 Å². The van der Waals surface area contributed by atoms with Crippen LogP contribution in [0, 0.1) is 6.92 Å². The molecule has 1 atom stereocenters. The molecule has 4 heteroatoms. The lowest BCUT2D eigenvalue weighted by Gasteiger charge is -2.17. The van der Waals surface area contributed by atoms with Crippen LogP contribution >= 0.6 is 11.8 Å². The van der Waals surface area contributed by atoms with Crippen LogP contribution in [0.15, 0.2) is 30.3 Å². The van der Waals surface area contributed by atoms with Gasteiger partial charge in [0.25, 0.3) is 0 Å². The average molecular weight is 275 g/mol. The molecule has 0 saturated heterocycles. The molecule has 1 aromatic heterocycles. The van der Waals surface area contributed by atoms with Gasteiger partial charge in [-0.05, 0) is 35.9 Å². The standard InChI is InChI=1S/C15H21N3S/c1-10(2)19-9-15(18-16)13-6-7-14-12(8-13)5-4-11(3)17-14/h4-8,10,15,18H,9,16H2,1-3H3. The summed E-state index contributed by atoms with van der Waals surface area (Å²) >= 11 is 1.91. The fraction of sp³-hybridized carbons (Fsp3) is 0.400. The number of aryl methyl sites for hydroxylation is 1. The van der Waals surface area contributed by atoms with Gasteiger partial charge in [0.2, 0.25) is 0 Å². The second kappa shape index (κ2) is 6.37. The maximum absolute atomic E-state index is 5.68. The number of hydrogen-bond acceptors (Lipinski definition) is 4. The van der Waals surface area contributed by atoms with E-state index in [2.05, 4.69) is 48.5 Å². The summed E-state index contributed by atoms with van der Waals surface area (Å²) in [4.78, 5) is 4.52. The molecule has 0 spiro atoms. The SMILES string of the molecule is Cc1ccc2cc(C(CSC(C)C)NN)ccc2n1. The number of fused-ring (bicyclic) bond motifs is 1. The Kier molecular flexibility index (Phi) is 4.80. The summed E-state index contributed by atoms with van der Waals surface area (Å²) in [5, 5.41) is 1.78. The van der Waals surface area contributed by atoms with Gasteiger partial charge in [0.1, 0.15) is 0 Å². The number of benzene rings is 1. The first-order valence-electron chi connectivity index (χ1n) is 6.55. The average Bonchev–Trinajstić information content (AvgIpc) is 2.39. The van der Waals surface area contributed by atoms with Crippen molar-refractivity contribution in [3.05, 3.63) is 41.6 Å². The van der Waals surface area contributed by atoms with Crippen LogP contribution < -0.4 is 11.3 Å². The van der Waals surface area contributed by atoms with E-state index in [0.717, 1.165) is 22.3 Å². The van der Waals surface area contributed by atoms with Crippen LogP contribution in [0.25, 0.3) is 10.9 Å². The summed E-state index contributed by atoms with van der Waals surface area (Å²) in [5.74, 6) is 6.65. The van der Waals surface area contributed by atoms with E-state index >= 15 is 0 Å². The topological polar surface area (TPSA) is 50.9 Å². The van der Waals surface area contributed by atoms with E-state index < -0.39 is 0 Å². The molecule has 102 valence electrons. The van der Waals surface area contributed by atoms with Crippen molar-refractivity contribution < 1.29 is 0 Å². The Morgan fingerprint density at radius 2 is 2.05 bits per heavy atom. The molecule has 1 aromatic carbocycles. The number of nitrogens with two attached hydrogens (primary N) is 1. The number of nitrogens with zero attached hydrogens (tertiary/aromatic N) is 1. The van der Waals surface area contributed by atoms with Crippen molar-refractivity contribution in [1.82, 2.24) is 10.4 Å². The molecule has 0 saturated carbocycles. The van der Waals surface area contributed by atoms with Gasteiger partial charge >= 0.3 is 0 Å². The summed E-state index contributed by atoms with van der Waals surface area (Å²) in [6.45, 7) is 6.41. The van der Waals surface area contributed by atoms with Crippen LogP contribution in [0.5, 0.6) is 0 Å². The van der Waals surface area contributed by atoms with Gasteiger partial charge in [-0.2, -0.15) is 11.8 Å². The molecule has 19 heavy (non-hydrogen) atoms. The van der Waals surface area contributed by atoms with E-state index in [0.29, 0.717) is 5.25 Å². The minimum Gasteiger partial charge on any atom is -0.271 e. The number of nitrogens with one attached hydrogen (secondary N) is 1. The highest BCUT2D eigenvalue weighted by Gasteiger charge is 2.11. The first-order chi connectivity index (χ1) is 9.10. The highest BCUT2D eigenvalue weighted by atomic mass is 32.2. The lowest BCUT2D eigenvalue weighted by molar-refractivity contribution is 0.611. The van der Waals surface area contributed by atoms with Gasteiger partial charge in [0.15, 0.2) is 0 Å². The second-order valence-electron chi connectivity index (χ2n) is 5.01. The number of rotatable bonds is 5. The number of hydrogen-bond donors (Lipinski definition) is 2.